The molecule has 1 aromatic heterocycles. The number of hydrogen-bond acceptors (Lipinski definition) is 7. The molecule has 2 aromatic rings. The summed E-state index contributed by atoms with van der Waals surface area (Å²) in [5, 5.41) is 14.5. The van der Waals surface area contributed by atoms with Gasteiger partial charge in [0.2, 0.25) is 11.8 Å². The zero-order valence-electron chi connectivity index (χ0n) is 13.7. The summed E-state index contributed by atoms with van der Waals surface area (Å²) in [5.41, 5.74) is 2.09. The van der Waals surface area contributed by atoms with Crippen molar-refractivity contribution in [3.8, 4) is 0 Å². The molecular weight excluding hydrogens is 310 g/mol. The maximum atomic E-state index is 11.4. The molecule has 0 spiro atoms. The Morgan fingerprint density at radius 1 is 1.17 bits per heavy atom. The molecule has 1 aliphatic heterocycles. The van der Waals surface area contributed by atoms with Crippen molar-refractivity contribution in [3.63, 3.8) is 0 Å². The molecule has 8 nitrogen and oxygen atoms in total. The maximum Gasteiger partial charge on any atom is 0.332 e. The number of nitrogens with one attached hydrogen (secondary N) is 1. The van der Waals surface area contributed by atoms with Crippen LogP contribution in [-0.2, 0) is 4.74 Å². The number of anilines is 3. The Morgan fingerprint density at radius 3 is 2.46 bits per heavy atom. The molecule has 2 heterocycles. The molecule has 0 aliphatic carbocycles. The summed E-state index contributed by atoms with van der Waals surface area (Å²) in [5.74, 6) is 0.689. The number of rotatable bonds is 4. The van der Waals surface area contributed by atoms with Crippen molar-refractivity contribution in [1.82, 2.24) is 9.97 Å². The standard InChI is InChI=1S/C16H19N5O3/c1-11-3-5-13(6-4-11)18-15-14(21(22)23)12(2)17-16(19-15)20-7-9-24-10-8-20/h3-6H,7-10H2,1-2H3,(H,17,18,19). The van der Waals surface area contributed by atoms with E-state index in [0.29, 0.717) is 37.9 Å². The molecule has 1 aliphatic rings. The van der Waals surface area contributed by atoms with Gasteiger partial charge < -0.3 is 15.0 Å². The fourth-order valence-corrected chi connectivity index (χ4v) is 2.54. The van der Waals surface area contributed by atoms with Crippen LogP contribution in [0.4, 0.5) is 23.1 Å². The SMILES string of the molecule is Cc1ccc(Nc2nc(N3CCOCC3)nc(C)c2[N+](=O)[O-])cc1. The Hall–Kier alpha value is -2.74. The van der Waals surface area contributed by atoms with Gasteiger partial charge in [0.25, 0.3) is 0 Å². The van der Waals surface area contributed by atoms with E-state index in [4.69, 9.17) is 4.74 Å². The first-order chi connectivity index (χ1) is 11.5. The Kier molecular flexibility index (Phi) is 4.57. The van der Waals surface area contributed by atoms with E-state index in [1.165, 1.54) is 0 Å². The minimum absolute atomic E-state index is 0.104. The highest BCUT2D eigenvalue weighted by atomic mass is 16.6. The second kappa shape index (κ2) is 6.79. The van der Waals surface area contributed by atoms with Crippen molar-refractivity contribution in [2.45, 2.75) is 13.8 Å². The quantitative estimate of drug-likeness (QED) is 0.680. The van der Waals surface area contributed by atoms with E-state index in [2.05, 4.69) is 15.3 Å². The van der Waals surface area contributed by atoms with E-state index in [1.54, 1.807) is 6.92 Å². The van der Waals surface area contributed by atoms with Crippen molar-refractivity contribution >= 4 is 23.1 Å². The van der Waals surface area contributed by atoms with Gasteiger partial charge in [-0.25, -0.2) is 4.98 Å². The fourth-order valence-electron chi connectivity index (χ4n) is 2.54. The number of nitro groups is 1. The summed E-state index contributed by atoms with van der Waals surface area (Å²) in [6.45, 7) is 6.14. The predicted molar refractivity (Wildman–Crippen MR) is 90.9 cm³/mol. The van der Waals surface area contributed by atoms with Crippen LogP contribution in [0.3, 0.4) is 0 Å². The number of morpholine rings is 1. The zero-order chi connectivity index (χ0) is 17.1. The normalized spacial score (nSPS) is 14.5. The van der Waals surface area contributed by atoms with E-state index in [0.717, 1.165) is 11.3 Å². The van der Waals surface area contributed by atoms with Crippen molar-refractivity contribution in [2.24, 2.45) is 0 Å². The number of aromatic nitrogens is 2. The third-order valence-corrected chi connectivity index (χ3v) is 3.84. The molecular formula is C16H19N5O3. The van der Waals surface area contributed by atoms with Gasteiger partial charge >= 0.3 is 5.69 Å². The minimum atomic E-state index is -0.449. The number of nitrogens with zero attached hydrogens (tertiary/aromatic N) is 4. The molecule has 0 atom stereocenters. The van der Waals surface area contributed by atoms with E-state index in [1.807, 2.05) is 36.1 Å². The summed E-state index contributed by atoms with van der Waals surface area (Å²) < 4.78 is 5.33. The lowest BCUT2D eigenvalue weighted by Crippen LogP contribution is -2.37. The monoisotopic (exact) mass is 329 g/mol. The van der Waals surface area contributed by atoms with Gasteiger partial charge in [-0.2, -0.15) is 4.98 Å². The lowest BCUT2D eigenvalue weighted by molar-refractivity contribution is -0.385. The van der Waals surface area contributed by atoms with Crippen LogP contribution < -0.4 is 10.2 Å². The lowest BCUT2D eigenvalue weighted by atomic mass is 10.2. The summed E-state index contributed by atoms with van der Waals surface area (Å²) in [6.07, 6.45) is 0. The second-order valence-corrected chi connectivity index (χ2v) is 5.65. The summed E-state index contributed by atoms with van der Waals surface area (Å²) >= 11 is 0. The van der Waals surface area contributed by atoms with Crippen molar-refractivity contribution in [3.05, 3.63) is 45.6 Å². The number of hydrogen-bond donors (Lipinski definition) is 1. The van der Waals surface area contributed by atoms with Crippen molar-refractivity contribution in [2.75, 3.05) is 36.5 Å². The van der Waals surface area contributed by atoms with Gasteiger partial charge in [-0.3, -0.25) is 10.1 Å². The van der Waals surface area contributed by atoms with Crippen LogP contribution in [0.2, 0.25) is 0 Å². The van der Waals surface area contributed by atoms with Gasteiger partial charge in [-0.1, -0.05) is 17.7 Å². The fraction of sp³-hybridized carbons (Fsp3) is 0.375. The van der Waals surface area contributed by atoms with Gasteiger partial charge in [0.1, 0.15) is 5.69 Å². The molecule has 0 bridgehead atoms. The molecule has 1 fully saturated rings. The summed E-state index contributed by atoms with van der Waals surface area (Å²) in [7, 11) is 0. The predicted octanol–water partition coefficient (Wildman–Crippen LogP) is 2.58. The Bertz CT molecular complexity index is 742. The highest BCUT2D eigenvalue weighted by Crippen LogP contribution is 2.30. The van der Waals surface area contributed by atoms with Crippen LogP contribution in [-0.4, -0.2) is 41.2 Å². The zero-order valence-corrected chi connectivity index (χ0v) is 13.7. The average Bonchev–Trinajstić information content (AvgIpc) is 2.57. The molecule has 126 valence electrons. The van der Waals surface area contributed by atoms with Gasteiger partial charge in [-0.15, -0.1) is 0 Å². The van der Waals surface area contributed by atoms with Gasteiger partial charge in [0, 0.05) is 18.8 Å². The van der Waals surface area contributed by atoms with E-state index in [-0.39, 0.29) is 11.5 Å². The first-order valence-corrected chi connectivity index (χ1v) is 7.74. The molecule has 1 saturated heterocycles. The van der Waals surface area contributed by atoms with Crippen LogP contribution in [0.1, 0.15) is 11.3 Å². The van der Waals surface area contributed by atoms with Crippen LogP contribution in [0.5, 0.6) is 0 Å². The molecule has 1 aromatic carbocycles. The van der Waals surface area contributed by atoms with E-state index >= 15 is 0 Å². The number of benzene rings is 1. The number of ether oxygens (including phenoxy) is 1. The average molecular weight is 329 g/mol. The van der Waals surface area contributed by atoms with Crippen LogP contribution >= 0.6 is 0 Å². The molecule has 3 rings (SSSR count). The minimum Gasteiger partial charge on any atom is -0.378 e. The summed E-state index contributed by atoms with van der Waals surface area (Å²) in [6, 6.07) is 7.60. The third kappa shape index (κ3) is 3.43. The van der Waals surface area contributed by atoms with Crippen LogP contribution in [0, 0.1) is 24.0 Å². The first kappa shape index (κ1) is 16.1. The topological polar surface area (TPSA) is 93.4 Å². The lowest BCUT2D eigenvalue weighted by Gasteiger charge is -2.27. The first-order valence-electron chi connectivity index (χ1n) is 7.74. The van der Waals surface area contributed by atoms with Crippen LogP contribution in [0.25, 0.3) is 0 Å². The Morgan fingerprint density at radius 2 is 1.83 bits per heavy atom. The second-order valence-electron chi connectivity index (χ2n) is 5.65. The van der Waals surface area contributed by atoms with E-state index < -0.39 is 4.92 Å². The van der Waals surface area contributed by atoms with Crippen molar-refractivity contribution < 1.29 is 9.66 Å². The number of aryl methyl sites for hydroxylation is 2. The largest absolute Gasteiger partial charge is 0.378 e. The van der Waals surface area contributed by atoms with Gasteiger partial charge in [-0.05, 0) is 26.0 Å². The molecule has 0 radical (unpaired) electrons. The highest BCUT2D eigenvalue weighted by molar-refractivity contribution is 5.68. The smallest absolute Gasteiger partial charge is 0.332 e. The molecule has 0 amide bonds. The molecule has 0 saturated carbocycles. The third-order valence-electron chi connectivity index (χ3n) is 3.84. The molecule has 24 heavy (non-hydrogen) atoms. The summed E-state index contributed by atoms with van der Waals surface area (Å²) in [4.78, 5) is 21.7. The van der Waals surface area contributed by atoms with Gasteiger partial charge in [0.15, 0.2) is 0 Å². The van der Waals surface area contributed by atoms with Crippen LogP contribution in [0.15, 0.2) is 24.3 Å². The molecule has 0 unspecified atom stereocenters. The Balaban J connectivity index is 1.98. The molecule has 8 heteroatoms. The van der Waals surface area contributed by atoms with Gasteiger partial charge in [0.05, 0.1) is 18.1 Å². The van der Waals surface area contributed by atoms with E-state index in [9.17, 15) is 10.1 Å². The highest BCUT2D eigenvalue weighted by Gasteiger charge is 2.25. The van der Waals surface area contributed by atoms with Crippen molar-refractivity contribution in [1.29, 1.82) is 0 Å². The maximum absolute atomic E-state index is 11.4. The Labute approximate surface area is 139 Å². The molecule has 1 N–H and O–H groups in total.